The van der Waals surface area contributed by atoms with E-state index in [4.69, 9.17) is 0 Å². The second kappa shape index (κ2) is 7.55. The molecule has 2 aliphatic rings. The Bertz CT molecular complexity index is 604. The van der Waals surface area contributed by atoms with Crippen molar-refractivity contribution in [2.45, 2.75) is 45.2 Å². The zero-order valence-corrected chi connectivity index (χ0v) is 14.2. The number of nitrogens with zero attached hydrogens (tertiary/aromatic N) is 1. The van der Waals surface area contributed by atoms with Crippen molar-refractivity contribution in [3.8, 4) is 0 Å². The van der Waals surface area contributed by atoms with Gasteiger partial charge in [0.05, 0.1) is 0 Å². The van der Waals surface area contributed by atoms with E-state index in [1.807, 2.05) is 24.3 Å². The minimum Gasteiger partial charge on any atom is -0.336 e. The zero-order chi connectivity index (χ0) is 16.9. The van der Waals surface area contributed by atoms with E-state index in [0.29, 0.717) is 25.6 Å². The van der Waals surface area contributed by atoms with Gasteiger partial charge >= 0.3 is 12.1 Å². The molecule has 0 bridgehead atoms. The van der Waals surface area contributed by atoms with Crippen molar-refractivity contribution in [2.24, 2.45) is 5.92 Å². The van der Waals surface area contributed by atoms with Crippen LogP contribution >= 0.6 is 0 Å². The molecule has 0 spiro atoms. The lowest BCUT2D eigenvalue weighted by Crippen LogP contribution is -2.40. The summed E-state index contributed by atoms with van der Waals surface area (Å²) in [5, 5.41) is 8.83. The Labute approximate surface area is 143 Å². The molecule has 4 amide bonds. The van der Waals surface area contributed by atoms with Crippen molar-refractivity contribution in [3.63, 3.8) is 0 Å². The normalized spacial score (nSPS) is 23.7. The van der Waals surface area contributed by atoms with Gasteiger partial charge < -0.3 is 20.9 Å². The second-order valence-electron chi connectivity index (χ2n) is 6.88. The third-order valence-corrected chi connectivity index (χ3v) is 4.84. The van der Waals surface area contributed by atoms with Crippen LogP contribution in [0.2, 0.25) is 0 Å². The SMILES string of the molecule is CC1CCCC(NC(=O)Nc2ccccc2CN2CCNC2=O)C1. The van der Waals surface area contributed by atoms with Crippen molar-refractivity contribution in [2.75, 3.05) is 18.4 Å². The molecule has 2 unspecified atom stereocenters. The van der Waals surface area contributed by atoms with Crippen LogP contribution in [0.5, 0.6) is 0 Å². The monoisotopic (exact) mass is 330 g/mol. The predicted octanol–water partition coefficient (Wildman–Crippen LogP) is 2.91. The summed E-state index contributed by atoms with van der Waals surface area (Å²) < 4.78 is 0. The third-order valence-electron chi connectivity index (χ3n) is 4.84. The fourth-order valence-corrected chi connectivity index (χ4v) is 3.56. The highest BCUT2D eigenvalue weighted by Crippen LogP contribution is 2.24. The fourth-order valence-electron chi connectivity index (χ4n) is 3.56. The molecule has 1 aliphatic heterocycles. The van der Waals surface area contributed by atoms with Crippen LogP contribution in [0.15, 0.2) is 24.3 Å². The van der Waals surface area contributed by atoms with Crippen LogP contribution in [0.3, 0.4) is 0 Å². The van der Waals surface area contributed by atoms with Gasteiger partial charge in [-0.3, -0.25) is 0 Å². The largest absolute Gasteiger partial charge is 0.336 e. The Morgan fingerprint density at radius 1 is 1.33 bits per heavy atom. The maximum atomic E-state index is 12.3. The van der Waals surface area contributed by atoms with Gasteiger partial charge in [-0.1, -0.05) is 38.0 Å². The number of nitrogens with one attached hydrogen (secondary N) is 3. The van der Waals surface area contributed by atoms with Gasteiger partial charge in [0, 0.05) is 31.4 Å². The molecule has 1 heterocycles. The van der Waals surface area contributed by atoms with Gasteiger partial charge in [0.2, 0.25) is 0 Å². The number of urea groups is 2. The van der Waals surface area contributed by atoms with E-state index in [-0.39, 0.29) is 18.1 Å². The maximum Gasteiger partial charge on any atom is 0.319 e. The molecular formula is C18H26N4O2. The fraction of sp³-hybridized carbons (Fsp3) is 0.556. The van der Waals surface area contributed by atoms with E-state index in [1.165, 1.54) is 12.8 Å². The van der Waals surface area contributed by atoms with Crippen LogP contribution in [-0.2, 0) is 6.54 Å². The van der Waals surface area contributed by atoms with E-state index in [0.717, 1.165) is 24.1 Å². The van der Waals surface area contributed by atoms with Crippen molar-refractivity contribution in [3.05, 3.63) is 29.8 Å². The lowest BCUT2D eigenvalue weighted by atomic mass is 9.87. The molecule has 24 heavy (non-hydrogen) atoms. The number of anilines is 1. The van der Waals surface area contributed by atoms with Gasteiger partial charge in [0.1, 0.15) is 0 Å². The van der Waals surface area contributed by atoms with E-state index in [9.17, 15) is 9.59 Å². The van der Waals surface area contributed by atoms with Gasteiger partial charge in [0.15, 0.2) is 0 Å². The summed E-state index contributed by atoms with van der Waals surface area (Å²) in [6.07, 6.45) is 4.52. The molecule has 1 aromatic rings. The Hall–Kier alpha value is -2.24. The third kappa shape index (κ3) is 4.19. The first-order chi connectivity index (χ1) is 11.6. The molecule has 1 aliphatic carbocycles. The van der Waals surface area contributed by atoms with Crippen molar-refractivity contribution in [1.82, 2.24) is 15.5 Å². The quantitative estimate of drug-likeness (QED) is 0.794. The standard InChI is InChI=1S/C18H26N4O2/c1-13-5-4-7-15(11-13)20-17(23)21-16-8-3-2-6-14(16)12-22-10-9-19-18(22)24/h2-3,6,8,13,15H,4-5,7,9-12H2,1H3,(H,19,24)(H2,20,21,23). The number of benzene rings is 1. The first-order valence-electron chi connectivity index (χ1n) is 8.80. The van der Waals surface area contributed by atoms with E-state index in [2.05, 4.69) is 22.9 Å². The molecule has 1 saturated heterocycles. The lowest BCUT2D eigenvalue weighted by molar-refractivity contribution is 0.215. The maximum absolute atomic E-state index is 12.3. The van der Waals surface area contributed by atoms with Gasteiger partial charge in [-0.2, -0.15) is 0 Å². The smallest absolute Gasteiger partial charge is 0.319 e. The molecular weight excluding hydrogens is 304 g/mol. The molecule has 0 radical (unpaired) electrons. The number of rotatable bonds is 4. The molecule has 6 nitrogen and oxygen atoms in total. The molecule has 130 valence electrons. The molecule has 2 atom stereocenters. The summed E-state index contributed by atoms with van der Waals surface area (Å²) in [5.74, 6) is 0.671. The highest BCUT2D eigenvalue weighted by atomic mass is 16.2. The predicted molar refractivity (Wildman–Crippen MR) is 93.8 cm³/mol. The number of carbonyl (C=O) groups is 2. The summed E-state index contributed by atoms with van der Waals surface area (Å²) in [4.78, 5) is 25.8. The first-order valence-corrected chi connectivity index (χ1v) is 8.80. The minimum absolute atomic E-state index is 0.0505. The summed E-state index contributed by atoms with van der Waals surface area (Å²) in [5.41, 5.74) is 1.71. The van der Waals surface area contributed by atoms with E-state index in [1.54, 1.807) is 4.90 Å². The number of carbonyl (C=O) groups excluding carboxylic acids is 2. The highest BCUT2D eigenvalue weighted by Gasteiger charge is 2.22. The van der Waals surface area contributed by atoms with E-state index >= 15 is 0 Å². The molecule has 2 fully saturated rings. The van der Waals surface area contributed by atoms with E-state index < -0.39 is 0 Å². The summed E-state index contributed by atoms with van der Waals surface area (Å²) in [7, 11) is 0. The average Bonchev–Trinajstić information content (AvgIpc) is 2.94. The molecule has 1 saturated carbocycles. The molecule has 3 N–H and O–H groups in total. The second-order valence-corrected chi connectivity index (χ2v) is 6.88. The average molecular weight is 330 g/mol. The van der Waals surface area contributed by atoms with Gasteiger partial charge in [-0.25, -0.2) is 9.59 Å². The highest BCUT2D eigenvalue weighted by molar-refractivity contribution is 5.90. The minimum atomic E-state index is -0.160. The Kier molecular flexibility index (Phi) is 5.23. The zero-order valence-electron chi connectivity index (χ0n) is 14.2. The Morgan fingerprint density at radius 2 is 2.17 bits per heavy atom. The number of amides is 4. The van der Waals surface area contributed by atoms with Crippen LogP contribution in [0, 0.1) is 5.92 Å². The van der Waals surface area contributed by atoms with Crippen LogP contribution in [0.25, 0.3) is 0 Å². The molecule has 1 aromatic carbocycles. The van der Waals surface area contributed by atoms with Crippen molar-refractivity contribution >= 4 is 17.7 Å². The molecule has 3 rings (SSSR count). The van der Waals surface area contributed by atoms with Crippen LogP contribution in [0.1, 0.15) is 38.2 Å². The molecule has 0 aromatic heterocycles. The van der Waals surface area contributed by atoms with Crippen LogP contribution in [-0.4, -0.2) is 36.1 Å². The van der Waals surface area contributed by atoms with Gasteiger partial charge in [-0.05, 0) is 30.4 Å². The lowest BCUT2D eigenvalue weighted by Gasteiger charge is -2.27. The number of hydrogen-bond donors (Lipinski definition) is 3. The van der Waals surface area contributed by atoms with Crippen molar-refractivity contribution < 1.29 is 9.59 Å². The number of para-hydroxylation sites is 1. The Morgan fingerprint density at radius 3 is 2.92 bits per heavy atom. The van der Waals surface area contributed by atoms with Crippen LogP contribution in [0.4, 0.5) is 15.3 Å². The van der Waals surface area contributed by atoms with Gasteiger partial charge in [0.25, 0.3) is 0 Å². The molecule has 6 heteroatoms. The van der Waals surface area contributed by atoms with Crippen LogP contribution < -0.4 is 16.0 Å². The number of hydrogen-bond acceptors (Lipinski definition) is 2. The Balaban J connectivity index is 1.60. The summed E-state index contributed by atoms with van der Waals surface area (Å²) in [6.45, 7) is 4.11. The topological polar surface area (TPSA) is 73.5 Å². The van der Waals surface area contributed by atoms with Gasteiger partial charge in [-0.15, -0.1) is 0 Å². The first kappa shape index (κ1) is 16.6. The summed E-state index contributed by atoms with van der Waals surface area (Å²) in [6, 6.07) is 7.69. The summed E-state index contributed by atoms with van der Waals surface area (Å²) >= 11 is 0. The van der Waals surface area contributed by atoms with Crippen molar-refractivity contribution in [1.29, 1.82) is 0 Å².